The minimum Gasteiger partial charge on any atom is -0.373 e. The lowest BCUT2D eigenvalue weighted by Gasteiger charge is -2.00. The molecule has 2 nitrogen and oxygen atoms in total. The molecule has 0 N–H and O–H groups in total. The Morgan fingerprint density at radius 3 is 2.69 bits per heavy atom. The third kappa shape index (κ3) is 3.27. The second-order valence-electron chi connectivity index (χ2n) is 3.28. The van der Waals surface area contributed by atoms with Crippen LogP contribution in [0.25, 0.3) is 0 Å². The molecule has 0 fully saturated rings. The molecule has 0 spiro atoms. The molecule has 2 aromatic heterocycles. The largest absolute Gasteiger partial charge is 0.373 e. The zero-order valence-electron chi connectivity index (χ0n) is 8.72. The second-order valence-corrected chi connectivity index (χ2v) is 5.26. The molecule has 84 valence electrons. The number of hydrogen-bond acceptors (Lipinski definition) is 4. The van der Waals surface area contributed by atoms with Crippen molar-refractivity contribution in [2.45, 2.75) is 6.42 Å². The van der Waals surface area contributed by atoms with Crippen LogP contribution in [0, 0.1) is 0 Å². The van der Waals surface area contributed by atoms with Gasteiger partial charge in [0.1, 0.15) is 6.61 Å². The molecule has 0 aliphatic carbocycles. The molecular weight excluding hydrogens is 240 g/mol. The van der Waals surface area contributed by atoms with Gasteiger partial charge in [-0.25, -0.2) is 0 Å². The van der Waals surface area contributed by atoms with Crippen molar-refractivity contribution < 1.29 is 9.53 Å². The lowest BCUT2D eigenvalue weighted by Crippen LogP contribution is -2.09. The maximum atomic E-state index is 11.6. The van der Waals surface area contributed by atoms with Crippen LogP contribution in [0.4, 0.5) is 0 Å². The van der Waals surface area contributed by atoms with E-state index in [1.54, 1.807) is 11.3 Å². The standard InChI is InChI=1S/C12H12O2S2/c13-11(12-4-2-8-16-12)9-14-6-5-10-3-1-7-15-10/h1-4,7-8H,5-6,9H2. The highest BCUT2D eigenvalue weighted by molar-refractivity contribution is 7.12. The summed E-state index contributed by atoms with van der Waals surface area (Å²) in [5.41, 5.74) is 0. The van der Waals surface area contributed by atoms with Crippen LogP contribution in [-0.2, 0) is 11.2 Å². The number of carbonyl (C=O) groups is 1. The van der Waals surface area contributed by atoms with Crippen LogP contribution >= 0.6 is 22.7 Å². The van der Waals surface area contributed by atoms with Gasteiger partial charge in [0, 0.05) is 11.3 Å². The number of carbonyl (C=O) groups excluding carboxylic acids is 1. The van der Waals surface area contributed by atoms with Crippen molar-refractivity contribution >= 4 is 28.5 Å². The van der Waals surface area contributed by atoms with E-state index >= 15 is 0 Å². The summed E-state index contributed by atoms with van der Waals surface area (Å²) in [7, 11) is 0. The monoisotopic (exact) mass is 252 g/mol. The molecule has 0 aliphatic rings. The Kier molecular flexibility index (Phi) is 4.27. The number of thiophene rings is 2. The first-order valence-corrected chi connectivity index (χ1v) is 6.79. The summed E-state index contributed by atoms with van der Waals surface area (Å²) >= 11 is 3.18. The second kappa shape index (κ2) is 5.94. The van der Waals surface area contributed by atoms with E-state index < -0.39 is 0 Å². The fourth-order valence-electron chi connectivity index (χ4n) is 1.30. The summed E-state index contributed by atoms with van der Waals surface area (Å²) in [4.78, 5) is 13.6. The molecule has 2 rings (SSSR count). The van der Waals surface area contributed by atoms with E-state index in [1.807, 2.05) is 29.0 Å². The molecule has 0 saturated heterocycles. The van der Waals surface area contributed by atoms with Gasteiger partial charge in [0.05, 0.1) is 11.5 Å². The Hall–Kier alpha value is -0.970. The van der Waals surface area contributed by atoms with Gasteiger partial charge in [-0.3, -0.25) is 4.79 Å². The molecule has 0 bridgehead atoms. The smallest absolute Gasteiger partial charge is 0.198 e. The summed E-state index contributed by atoms with van der Waals surface area (Å²) in [6, 6.07) is 7.81. The van der Waals surface area contributed by atoms with Crippen molar-refractivity contribution in [1.82, 2.24) is 0 Å². The molecular formula is C12H12O2S2. The third-order valence-electron chi connectivity index (χ3n) is 2.10. The van der Waals surface area contributed by atoms with Crippen molar-refractivity contribution in [1.29, 1.82) is 0 Å². The Balaban J connectivity index is 1.67. The first kappa shape index (κ1) is 11.5. The predicted octanol–water partition coefficient (Wildman–Crippen LogP) is 3.25. The fraction of sp³-hybridized carbons (Fsp3) is 0.250. The predicted molar refractivity (Wildman–Crippen MR) is 67.5 cm³/mol. The Morgan fingerprint density at radius 1 is 1.19 bits per heavy atom. The lowest BCUT2D eigenvalue weighted by molar-refractivity contribution is 0.0770. The van der Waals surface area contributed by atoms with E-state index in [-0.39, 0.29) is 12.4 Å². The van der Waals surface area contributed by atoms with Crippen molar-refractivity contribution in [2.24, 2.45) is 0 Å². The van der Waals surface area contributed by atoms with E-state index in [1.165, 1.54) is 16.2 Å². The van der Waals surface area contributed by atoms with Gasteiger partial charge in [-0.15, -0.1) is 22.7 Å². The van der Waals surface area contributed by atoms with E-state index in [2.05, 4.69) is 6.07 Å². The maximum Gasteiger partial charge on any atom is 0.198 e. The van der Waals surface area contributed by atoms with Gasteiger partial charge in [-0.05, 0) is 22.9 Å². The molecule has 2 heterocycles. The average molecular weight is 252 g/mol. The average Bonchev–Trinajstić information content (AvgIpc) is 2.96. The van der Waals surface area contributed by atoms with Crippen LogP contribution < -0.4 is 0 Å². The van der Waals surface area contributed by atoms with Crippen LogP contribution in [0.5, 0.6) is 0 Å². The van der Waals surface area contributed by atoms with E-state index in [9.17, 15) is 4.79 Å². The molecule has 0 unspecified atom stereocenters. The molecule has 0 saturated carbocycles. The molecule has 0 amide bonds. The van der Waals surface area contributed by atoms with Crippen molar-refractivity contribution in [3.8, 4) is 0 Å². The van der Waals surface area contributed by atoms with Gasteiger partial charge in [-0.2, -0.15) is 0 Å². The summed E-state index contributed by atoms with van der Waals surface area (Å²) in [5.74, 6) is 0.0705. The summed E-state index contributed by atoms with van der Waals surface area (Å²) in [6.07, 6.45) is 0.884. The molecule has 0 radical (unpaired) electrons. The van der Waals surface area contributed by atoms with Crippen LogP contribution in [0.3, 0.4) is 0 Å². The molecule has 0 atom stereocenters. The highest BCUT2D eigenvalue weighted by atomic mass is 32.1. The quantitative estimate of drug-likeness (QED) is 0.582. The summed E-state index contributed by atoms with van der Waals surface area (Å²) < 4.78 is 5.36. The zero-order valence-corrected chi connectivity index (χ0v) is 10.4. The summed E-state index contributed by atoms with van der Waals surface area (Å²) in [5, 5.41) is 3.95. The first-order valence-electron chi connectivity index (χ1n) is 5.03. The summed E-state index contributed by atoms with van der Waals surface area (Å²) in [6.45, 7) is 0.795. The van der Waals surface area contributed by atoms with Gasteiger partial charge in [0.15, 0.2) is 5.78 Å². The van der Waals surface area contributed by atoms with Gasteiger partial charge in [0.2, 0.25) is 0 Å². The van der Waals surface area contributed by atoms with Crippen LogP contribution in [0.15, 0.2) is 35.0 Å². The van der Waals surface area contributed by atoms with Crippen LogP contribution in [0.2, 0.25) is 0 Å². The molecule has 2 aromatic rings. The molecule has 0 aromatic carbocycles. The number of ketones is 1. The highest BCUT2D eigenvalue weighted by Gasteiger charge is 2.06. The fourth-order valence-corrected chi connectivity index (χ4v) is 2.64. The van der Waals surface area contributed by atoms with Gasteiger partial charge < -0.3 is 4.74 Å². The normalized spacial score (nSPS) is 10.5. The Labute approximate surface area is 103 Å². The zero-order chi connectivity index (χ0) is 11.2. The van der Waals surface area contributed by atoms with E-state index in [4.69, 9.17) is 4.74 Å². The SMILES string of the molecule is O=C(COCCc1cccs1)c1cccs1. The lowest BCUT2D eigenvalue weighted by atomic mass is 10.3. The van der Waals surface area contributed by atoms with E-state index in [0.29, 0.717) is 6.61 Å². The van der Waals surface area contributed by atoms with Crippen molar-refractivity contribution in [3.05, 3.63) is 44.8 Å². The topological polar surface area (TPSA) is 26.3 Å². The Morgan fingerprint density at radius 2 is 2.00 bits per heavy atom. The first-order chi connectivity index (χ1) is 7.86. The van der Waals surface area contributed by atoms with Crippen molar-refractivity contribution in [3.63, 3.8) is 0 Å². The third-order valence-corrected chi connectivity index (χ3v) is 3.95. The van der Waals surface area contributed by atoms with Gasteiger partial charge >= 0.3 is 0 Å². The Bertz CT molecular complexity index is 418. The van der Waals surface area contributed by atoms with Gasteiger partial charge in [0.25, 0.3) is 0 Å². The molecule has 0 aliphatic heterocycles. The van der Waals surface area contributed by atoms with E-state index in [0.717, 1.165) is 11.3 Å². The van der Waals surface area contributed by atoms with Gasteiger partial charge in [-0.1, -0.05) is 12.1 Å². The van der Waals surface area contributed by atoms with Crippen molar-refractivity contribution in [2.75, 3.05) is 13.2 Å². The number of Topliss-reactive ketones (excluding diaryl/α,β-unsaturated/α-hetero) is 1. The minimum absolute atomic E-state index is 0.0705. The number of ether oxygens (including phenoxy) is 1. The highest BCUT2D eigenvalue weighted by Crippen LogP contribution is 2.11. The maximum absolute atomic E-state index is 11.6. The number of hydrogen-bond donors (Lipinski definition) is 0. The number of rotatable bonds is 6. The minimum atomic E-state index is 0.0705. The molecule has 16 heavy (non-hydrogen) atoms. The molecule has 4 heteroatoms. The van der Waals surface area contributed by atoms with Crippen LogP contribution in [0.1, 0.15) is 14.5 Å². The van der Waals surface area contributed by atoms with Crippen LogP contribution in [-0.4, -0.2) is 19.0 Å².